The Balaban J connectivity index is 2.05. The summed E-state index contributed by atoms with van der Waals surface area (Å²) >= 11 is 0. The van der Waals surface area contributed by atoms with Gasteiger partial charge < -0.3 is 10.1 Å². The predicted octanol–water partition coefficient (Wildman–Crippen LogP) is 4.46. The molecule has 0 amide bonds. The maximum atomic E-state index is 13.4. The maximum absolute atomic E-state index is 13.4. The summed E-state index contributed by atoms with van der Waals surface area (Å²) in [5, 5.41) is 3.61. The van der Waals surface area contributed by atoms with Crippen molar-refractivity contribution in [3.8, 4) is 5.75 Å². The third kappa shape index (κ3) is 4.44. The van der Waals surface area contributed by atoms with Crippen molar-refractivity contribution >= 4 is 0 Å². The van der Waals surface area contributed by atoms with Crippen molar-refractivity contribution in [2.24, 2.45) is 5.92 Å². The molecule has 0 heterocycles. The van der Waals surface area contributed by atoms with Crippen molar-refractivity contribution in [2.75, 3.05) is 6.54 Å². The standard InChI is InChI=1S/C18H28FNO/c1-4-10-20-17-9-6-14(5-2)12-18(17)21-15-7-8-16(19)13(3)11-15/h7-8,11,14,17-18,20H,4-6,9-10,12H2,1-3H3. The number of aryl methyl sites for hydroxylation is 1. The van der Waals surface area contributed by atoms with Crippen LogP contribution in [0.1, 0.15) is 51.5 Å². The van der Waals surface area contributed by atoms with Gasteiger partial charge in [0.25, 0.3) is 0 Å². The first-order valence-corrected chi connectivity index (χ1v) is 8.30. The monoisotopic (exact) mass is 293 g/mol. The minimum Gasteiger partial charge on any atom is -0.489 e. The molecule has 1 aliphatic rings. The van der Waals surface area contributed by atoms with Gasteiger partial charge in [0, 0.05) is 6.04 Å². The van der Waals surface area contributed by atoms with Crippen LogP contribution in [0, 0.1) is 18.7 Å². The molecule has 0 bridgehead atoms. The maximum Gasteiger partial charge on any atom is 0.126 e. The molecular formula is C18H28FNO. The Morgan fingerprint density at radius 3 is 2.76 bits per heavy atom. The average Bonchev–Trinajstić information content (AvgIpc) is 2.49. The van der Waals surface area contributed by atoms with E-state index in [-0.39, 0.29) is 11.9 Å². The molecule has 1 N–H and O–H groups in total. The van der Waals surface area contributed by atoms with Gasteiger partial charge in [-0.2, -0.15) is 0 Å². The normalized spacial score (nSPS) is 25.8. The summed E-state index contributed by atoms with van der Waals surface area (Å²) in [5.74, 6) is 1.37. The molecule has 1 aliphatic carbocycles. The zero-order valence-corrected chi connectivity index (χ0v) is 13.5. The van der Waals surface area contributed by atoms with Crippen molar-refractivity contribution < 1.29 is 9.13 Å². The topological polar surface area (TPSA) is 21.3 Å². The van der Waals surface area contributed by atoms with E-state index >= 15 is 0 Å². The van der Waals surface area contributed by atoms with Crippen LogP contribution in [0.2, 0.25) is 0 Å². The van der Waals surface area contributed by atoms with Gasteiger partial charge in [-0.25, -0.2) is 4.39 Å². The minimum absolute atomic E-state index is 0.168. The first-order valence-electron chi connectivity index (χ1n) is 8.30. The lowest BCUT2D eigenvalue weighted by Gasteiger charge is -2.36. The van der Waals surface area contributed by atoms with Crippen molar-refractivity contribution in [1.29, 1.82) is 0 Å². The van der Waals surface area contributed by atoms with Crippen LogP contribution in [-0.2, 0) is 0 Å². The Hall–Kier alpha value is -1.09. The van der Waals surface area contributed by atoms with Crippen LogP contribution in [0.5, 0.6) is 5.75 Å². The molecule has 3 unspecified atom stereocenters. The highest BCUT2D eigenvalue weighted by Gasteiger charge is 2.31. The Bertz CT molecular complexity index is 449. The van der Waals surface area contributed by atoms with Gasteiger partial charge in [0.1, 0.15) is 17.7 Å². The number of benzene rings is 1. The van der Waals surface area contributed by atoms with E-state index in [4.69, 9.17) is 4.74 Å². The number of hydrogen-bond donors (Lipinski definition) is 1. The van der Waals surface area contributed by atoms with Gasteiger partial charge in [0.2, 0.25) is 0 Å². The summed E-state index contributed by atoms with van der Waals surface area (Å²) in [5.41, 5.74) is 0.647. The first-order chi connectivity index (χ1) is 10.1. The zero-order chi connectivity index (χ0) is 15.2. The Morgan fingerprint density at radius 1 is 1.29 bits per heavy atom. The highest BCUT2D eigenvalue weighted by molar-refractivity contribution is 5.29. The fraction of sp³-hybridized carbons (Fsp3) is 0.667. The summed E-state index contributed by atoms with van der Waals surface area (Å²) in [4.78, 5) is 0. The second-order valence-corrected chi connectivity index (χ2v) is 6.22. The summed E-state index contributed by atoms with van der Waals surface area (Å²) < 4.78 is 19.6. The average molecular weight is 293 g/mol. The molecule has 3 heteroatoms. The Labute approximate surface area is 128 Å². The quantitative estimate of drug-likeness (QED) is 0.836. The van der Waals surface area contributed by atoms with Crippen LogP contribution in [0.4, 0.5) is 4.39 Å². The summed E-state index contributed by atoms with van der Waals surface area (Å²) in [7, 11) is 0. The van der Waals surface area contributed by atoms with Gasteiger partial charge in [-0.15, -0.1) is 0 Å². The van der Waals surface area contributed by atoms with Crippen molar-refractivity contribution in [3.63, 3.8) is 0 Å². The van der Waals surface area contributed by atoms with Gasteiger partial charge in [0.05, 0.1) is 0 Å². The smallest absolute Gasteiger partial charge is 0.126 e. The molecule has 1 aromatic rings. The van der Waals surface area contributed by atoms with Crippen LogP contribution in [-0.4, -0.2) is 18.7 Å². The van der Waals surface area contributed by atoms with Crippen LogP contribution in [0.3, 0.4) is 0 Å². The lowest BCUT2D eigenvalue weighted by molar-refractivity contribution is 0.0848. The summed E-state index contributed by atoms with van der Waals surface area (Å²) in [6, 6.07) is 5.47. The van der Waals surface area contributed by atoms with E-state index in [1.165, 1.54) is 25.3 Å². The molecule has 2 rings (SSSR count). The van der Waals surface area contributed by atoms with Crippen molar-refractivity contribution in [3.05, 3.63) is 29.6 Å². The number of halogens is 1. The van der Waals surface area contributed by atoms with Crippen LogP contribution in [0.25, 0.3) is 0 Å². The molecule has 0 saturated heterocycles. The van der Waals surface area contributed by atoms with Crippen LogP contribution >= 0.6 is 0 Å². The Morgan fingerprint density at radius 2 is 2.10 bits per heavy atom. The predicted molar refractivity (Wildman–Crippen MR) is 85.3 cm³/mol. The Kier molecular flexibility index (Phi) is 6.04. The third-order valence-electron chi connectivity index (χ3n) is 4.55. The fourth-order valence-electron chi connectivity index (χ4n) is 3.14. The summed E-state index contributed by atoms with van der Waals surface area (Å²) in [6.45, 7) is 7.25. The number of nitrogens with one attached hydrogen (secondary N) is 1. The zero-order valence-electron chi connectivity index (χ0n) is 13.5. The van der Waals surface area contributed by atoms with E-state index in [1.807, 2.05) is 6.07 Å². The molecule has 3 atom stereocenters. The van der Waals surface area contributed by atoms with Gasteiger partial charge in [-0.05, 0) is 68.8 Å². The van der Waals surface area contributed by atoms with Crippen LogP contribution in [0.15, 0.2) is 18.2 Å². The van der Waals surface area contributed by atoms with Gasteiger partial charge in [0.15, 0.2) is 0 Å². The first kappa shape index (κ1) is 16.3. The third-order valence-corrected chi connectivity index (χ3v) is 4.55. The van der Waals surface area contributed by atoms with E-state index in [1.54, 1.807) is 13.0 Å². The second kappa shape index (κ2) is 7.79. The molecule has 1 saturated carbocycles. The van der Waals surface area contributed by atoms with E-state index in [9.17, 15) is 4.39 Å². The van der Waals surface area contributed by atoms with Gasteiger partial charge in [-0.3, -0.25) is 0 Å². The molecule has 1 aromatic carbocycles. The lowest BCUT2D eigenvalue weighted by atomic mass is 9.82. The molecule has 0 spiro atoms. The number of rotatable bonds is 6. The molecule has 2 nitrogen and oxygen atoms in total. The van der Waals surface area contributed by atoms with E-state index < -0.39 is 0 Å². The molecule has 21 heavy (non-hydrogen) atoms. The molecule has 0 aliphatic heterocycles. The molecule has 0 radical (unpaired) electrons. The van der Waals surface area contributed by atoms with Gasteiger partial charge >= 0.3 is 0 Å². The highest BCUT2D eigenvalue weighted by atomic mass is 19.1. The lowest BCUT2D eigenvalue weighted by Crippen LogP contribution is -2.47. The van der Waals surface area contributed by atoms with Gasteiger partial charge in [-0.1, -0.05) is 20.3 Å². The minimum atomic E-state index is -0.168. The SMILES string of the molecule is CCCNC1CCC(CC)CC1Oc1ccc(F)c(C)c1. The molecule has 118 valence electrons. The van der Waals surface area contributed by atoms with Crippen molar-refractivity contribution in [1.82, 2.24) is 5.32 Å². The molecular weight excluding hydrogens is 265 g/mol. The second-order valence-electron chi connectivity index (χ2n) is 6.22. The van der Waals surface area contributed by atoms with E-state index in [0.717, 1.165) is 31.1 Å². The number of hydrogen-bond acceptors (Lipinski definition) is 2. The van der Waals surface area contributed by atoms with Crippen molar-refractivity contribution in [2.45, 2.75) is 65.0 Å². The van der Waals surface area contributed by atoms with E-state index in [2.05, 4.69) is 19.2 Å². The highest BCUT2D eigenvalue weighted by Crippen LogP contribution is 2.30. The van der Waals surface area contributed by atoms with Crippen LogP contribution < -0.4 is 10.1 Å². The number of ether oxygens (including phenoxy) is 1. The van der Waals surface area contributed by atoms with E-state index in [0.29, 0.717) is 11.6 Å². The summed E-state index contributed by atoms with van der Waals surface area (Å²) in [6.07, 6.45) is 6.08. The fourth-order valence-corrected chi connectivity index (χ4v) is 3.14. The molecule has 1 fully saturated rings. The molecule has 0 aromatic heterocycles. The largest absolute Gasteiger partial charge is 0.489 e.